The molecule has 3 rings (SSSR count). The van der Waals surface area contributed by atoms with Gasteiger partial charge in [0, 0.05) is 38.4 Å². The minimum Gasteiger partial charge on any atom is -0.395 e. The van der Waals surface area contributed by atoms with E-state index in [9.17, 15) is 4.79 Å². The van der Waals surface area contributed by atoms with Crippen molar-refractivity contribution >= 4 is 5.91 Å². The molecule has 134 valence electrons. The fourth-order valence-electron chi connectivity index (χ4n) is 3.39. The fraction of sp³-hybridized carbons (Fsp3) is 0.474. The Kier molecular flexibility index (Phi) is 5.20. The molecule has 1 aromatic heterocycles. The molecule has 0 unspecified atom stereocenters. The van der Waals surface area contributed by atoms with Crippen LogP contribution >= 0.6 is 0 Å². The third-order valence-electron chi connectivity index (χ3n) is 4.63. The average Bonchev–Trinajstić information content (AvgIpc) is 2.96. The molecule has 0 atom stereocenters. The Labute approximate surface area is 148 Å². The van der Waals surface area contributed by atoms with Gasteiger partial charge in [-0.25, -0.2) is 4.68 Å². The minimum atomic E-state index is -0.0186. The first-order valence-electron chi connectivity index (χ1n) is 8.76. The molecule has 1 aliphatic rings. The number of aliphatic hydroxyl groups is 1. The van der Waals surface area contributed by atoms with Gasteiger partial charge >= 0.3 is 0 Å². The molecule has 6 nitrogen and oxygen atoms in total. The first-order chi connectivity index (χ1) is 12.0. The maximum atomic E-state index is 12.8. The van der Waals surface area contributed by atoms with E-state index in [0.29, 0.717) is 25.3 Å². The van der Waals surface area contributed by atoms with Crippen molar-refractivity contribution in [2.45, 2.75) is 20.8 Å². The van der Waals surface area contributed by atoms with Gasteiger partial charge < -0.3 is 10.0 Å². The highest BCUT2D eigenvalue weighted by Gasteiger charge is 2.24. The van der Waals surface area contributed by atoms with Gasteiger partial charge in [-0.2, -0.15) is 5.10 Å². The fourth-order valence-corrected chi connectivity index (χ4v) is 3.39. The Morgan fingerprint density at radius 2 is 1.68 bits per heavy atom. The van der Waals surface area contributed by atoms with Gasteiger partial charge in [0.25, 0.3) is 5.91 Å². The SMILES string of the molecule is Cc1cc(C)cc(-n2nc(C(=O)N3CCN(CCO)CC3)cc2C)c1. The molecule has 1 aromatic carbocycles. The van der Waals surface area contributed by atoms with E-state index in [2.05, 4.69) is 42.0 Å². The number of hydrogen-bond acceptors (Lipinski definition) is 4. The van der Waals surface area contributed by atoms with E-state index in [1.165, 1.54) is 11.1 Å². The van der Waals surface area contributed by atoms with Crippen LogP contribution in [0.1, 0.15) is 27.3 Å². The summed E-state index contributed by atoms with van der Waals surface area (Å²) in [6.07, 6.45) is 0. The van der Waals surface area contributed by atoms with Crippen LogP contribution in [-0.2, 0) is 0 Å². The summed E-state index contributed by atoms with van der Waals surface area (Å²) in [6, 6.07) is 8.14. The maximum absolute atomic E-state index is 12.8. The van der Waals surface area contributed by atoms with Crippen molar-refractivity contribution in [1.29, 1.82) is 0 Å². The van der Waals surface area contributed by atoms with Crippen LogP contribution in [0.5, 0.6) is 0 Å². The molecule has 0 radical (unpaired) electrons. The number of rotatable bonds is 4. The smallest absolute Gasteiger partial charge is 0.274 e. The second-order valence-corrected chi connectivity index (χ2v) is 6.79. The molecule has 0 bridgehead atoms. The number of piperazine rings is 1. The molecular formula is C19H26N4O2. The number of aliphatic hydroxyl groups excluding tert-OH is 1. The summed E-state index contributed by atoms with van der Waals surface area (Å²) >= 11 is 0. The molecular weight excluding hydrogens is 316 g/mol. The van der Waals surface area contributed by atoms with Crippen LogP contribution in [0.3, 0.4) is 0 Å². The highest BCUT2D eigenvalue weighted by molar-refractivity contribution is 5.92. The number of nitrogens with zero attached hydrogens (tertiary/aromatic N) is 4. The van der Waals surface area contributed by atoms with Crippen molar-refractivity contribution in [2.24, 2.45) is 0 Å². The lowest BCUT2D eigenvalue weighted by Crippen LogP contribution is -2.49. The summed E-state index contributed by atoms with van der Waals surface area (Å²) < 4.78 is 1.84. The van der Waals surface area contributed by atoms with Crippen LogP contribution in [0.15, 0.2) is 24.3 Å². The van der Waals surface area contributed by atoms with Gasteiger partial charge in [0.15, 0.2) is 5.69 Å². The predicted octanol–water partition coefficient (Wildman–Crippen LogP) is 1.55. The van der Waals surface area contributed by atoms with Gasteiger partial charge in [-0.15, -0.1) is 0 Å². The summed E-state index contributed by atoms with van der Waals surface area (Å²) in [6.45, 7) is 9.87. The standard InChI is InChI=1S/C19H26N4O2/c1-14-10-15(2)12-17(11-14)23-16(3)13-18(20-23)19(25)22-6-4-21(5-7-22)8-9-24/h10-13,24H,4-9H2,1-3H3. The van der Waals surface area contributed by atoms with Gasteiger partial charge in [0.2, 0.25) is 0 Å². The van der Waals surface area contributed by atoms with Crippen molar-refractivity contribution in [2.75, 3.05) is 39.3 Å². The van der Waals surface area contributed by atoms with Crippen LogP contribution < -0.4 is 0 Å². The molecule has 0 saturated carbocycles. The lowest BCUT2D eigenvalue weighted by molar-refractivity contribution is 0.0609. The Morgan fingerprint density at radius 3 is 2.28 bits per heavy atom. The summed E-state index contributed by atoms with van der Waals surface area (Å²) in [5.74, 6) is -0.0186. The van der Waals surface area contributed by atoms with E-state index in [0.717, 1.165) is 24.5 Å². The predicted molar refractivity (Wildman–Crippen MR) is 97.2 cm³/mol. The number of benzene rings is 1. The first-order valence-corrected chi connectivity index (χ1v) is 8.76. The molecule has 0 spiro atoms. The van der Waals surface area contributed by atoms with Gasteiger partial charge in [-0.05, 0) is 50.1 Å². The Balaban J connectivity index is 1.77. The van der Waals surface area contributed by atoms with Gasteiger partial charge in [0.05, 0.1) is 12.3 Å². The van der Waals surface area contributed by atoms with Gasteiger partial charge in [0.1, 0.15) is 0 Å². The summed E-state index contributed by atoms with van der Waals surface area (Å²) in [7, 11) is 0. The number of aromatic nitrogens is 2. The van der Waals surface area contributed by atoms with Crippen molar-refractivity contribution in [1.82, 2.24) is 19.6 Å². The van der Waals surface area contributed by atoms with E-state index in [-0.39, 0.29) is 12.5 Å². The van der Waals surface area contributed by atoms with E-state index in [1.807, 2.05) is 22.6 Å². The van der Waals surface area contributed by atoms with Crippen molar-refractivity contribution in [3.05, 3.63) is 46.8 Å². The number of carbonyl (C=O) groups excluding carboxylic acids is 1. The summed E-state index contributed by atoms with van der Waals surface area (Å²) in [4.78, 5) is 16.8. The van der Waals surface area contributed by atoms with Crippen LogP contribution in [0, 0.1) is 20.8 Å². The second-order valence-electron chi connectivity index (χ2n) is 6.79. The minimum absolute atomic E-state index is 0.0186. The number of carbonyl (C=O) groups is 1. The normalized spacial score (nSPS) is 15.6. The number of hydrogen-bond donors (Lipinski definition) is 1. The molecule has 6 heteroatoms. The number of aryl methyl sites for hydroxylation is 3. The first kappa shape index (κ1) is 17.6. The molecule has 25 heavy (non-hydrogen) atoms. The lowest BCUT2D eigenvalue weighted by atomic mass is 10.1. The van der Waals surface area contributed by atoms with Crippen LogP contribution in [0.4, 0.5) is 0 Å². The summed E-state index contributed by atoms with van der Waals surface area (Å²) in [5.41, 5.74) is 4.79. The largest absolute Gasteiger partial charge is 0.395 e. The number of amides is 1. The van der Waals surface area contributed by atoms with Crippen LogP contribution in [-0.4, -0.2) is 69.9 Å². The van der Waals surface area contributed by atoms with Crippen molar-refractivity contribution in [3.8, 4) is 5.69 Å². The lowest BCUT2D eigenvalue weighted by Gasteiger charge is -2.33. The second kappa shape index (κ2) is 7.37. The van der Waals surface area contributed by atoms with E-state index >= 15 is 0 Å². The molecule has 1 N–H and O–H groups in total. The summed E-state index contributed by atoms with van der Waals surface area (Å²) in [5, 5.41) is 13.6. The Morgan fingerprint density at radius 1 is 1.04 bits per heavy atom. The molecule has 1 amide bonds. The Hall–Kier alpha value is -2.18. The maximum Gasteiger partial charge on any atom is 0.274 e. The molecule has 1 saturated heterocycles. The molecule has 2 heterocycles. The molecule has 0 aliphatic carbocycles. The van der Waals surface area contributed by atoms with E-state index in [1.54, 1.807) is 0 Å². The molecule has 1 fully saturated rings. The zero-order valence-corrected chi connectivity index (χ0v) is 15.2. The van der Waals surface area contributed by atoms with Crippen molar-refractivity contribution in [3.63, 3.8) is 0 Å². The number of β-amino-alcohol motifs (C(OH)–C–C–N with tert-alkyl or cyclic N) is 1. The van der Waals surface area contributed by atoms with Crippen LogP contribution in [0.25, 0.3) is 5.69 Å². The van der Waals surface area contributed by atoms with E-state index < -0.39 is 0 Å². The third kappa shape index (κ3) is 3.91. The third-order valence-corrected chi connectivity index (χ3v) is 4.63. The Bertz CT molecular complexity index is 741. The van der Waals surface area contributed by atoms with Gasteiger partial charge in [-0.3, -0.25) is 9.69 Å². The molecule has 1 aliphatic heterocycles. The topological polar surface area (TPSA) is 61.6 Å². The molecule has 2 aromatic rings. The highest BCUT2D eigenvalue weighted by atomic mass is 16.3. The van der Waals surface area contributed by atoms with E-state index in [4.69, 9.17) is 5.11 Å². The quantitative estimate of drug-likeness (QED) is 0.916. The zero-order valence-electron chi connectivity index (χ0n) is 15.2. The monoisotopic (exact) mass is 342 g/mol. The van der Waals surface area contributed by atoms with Gasteiger partial charge in [-0.1, -0.05) is 6.07 Å². The highest BCUT2D eigenvalue weighted by Crippen LogP contribution is 2.17. The average molecular weight is 342 g/mol. The van der Waals surface area contributed by atoms with Crippen molar-refractivity contribution < 1.29 is 9.90 Å². The zero-order chi connectivity index (χ0) is 18.0. The van der Waals surface area contributed by atoms with Crippen LogP contribution in [0.2, 0.25) is 0 Å².